The van der Waals surface area contributed by atoms with Crippen LogP contribution in [0.25, 0.3) is 0 Å². The van der Waals surface area contributed by atoms with Gasteiger partial charge in [0.25, 0.3) is 5.91 Å². The second-order valence-corrected chi connectivity index (χ2v) is 9.09. The SMILES string of the molecule is CCOc1ccc(C#N)cc1NC(=O)c1cccc(S(=O)(=O)N2CCN(C(C)=O)CC2)c1. The molecule has 1 aliphatic heterocycles. The van der Waals surface area contributed by atoms with Gasteiger partial charge in [0.05, 0.1) is 28.8 Å². The number of benzene rings is 2. The maximum Gasteiger partial charge on any atom is 0.255 e. The first-order valence-corrected chi connectivity index (χ1v) is 11.5. The van der Waals surface area contributed by atoms with E-state index >= 15 is 0 Å². The molecule has 2 aromatic carbocycles. The van der Waals surface area contributed by atoms with E-state index in [4.69, 9.17) is 10.00 Å². The number of hydrogen-bond donors (Lipinski definition) is 1. The van der Waals surface area contributed by atoms with Gasteiger partial charge in [-0.2, -0.15) is 9.57 Å². The van der Waals surface area contributed by atoms with E-state index in [-0.39, 0.29) is 29.5 Å². The molecular weight excluding hydrogens is 432 g/mol. The average Bonchev–Trinajstić information content (AvgIpc) is 2.80. The van der Waals surface area contributed by atoms with E-state index in [0.29, 0.717) is 36.7 Å². The van der Waals surface area contributed by atoms with Gasteiger partial charge in [-0.25, -0.2) is 8.42 Å². The summed E-state index contributed by atoms with van der Waals surface area (Å²) in [4.78, 5) is 25.9. The molecule has 1 N–H and O–H groups in total. The number of hydrogen-bond acceptors (Lipinski definition) is 6. The van der Waals surface area contributed by atoms with Gasteiger partial charge in [-0.05, 0) is 43.3 Å². The summed E-state index contributed by atoms with van der Waals surface area (Å²) in [5.41, 5.74) is 0.826. The van der Waals surface area contributed by atoms with Gasteiger partial charge >= 0.3 is 0 Å². The summed E-state index contributed by atoms with van der Waals surface area (Å²) in [5, 5.41) is 11.8. The summed E-state index contributed by atoms with van der Waals surface area (Å²) in [6.07, 6.45) is 0. The highest BCUT2D eigenvalue weighted by molar-refractivity contribution is 7.89. The monoisotopic (exact) mass is 456 g/mol. The van der Waals surface area contributed by atoms with Gasteiger partial charge in [-0.1, -0.05) is 6.07 Å². The minimum Gasteiger partial charge on any atom is -0.492 e. The van der Waals surface area contributed by atoms with E-state index < -0.39 is 15.9 Å². The van der Waals surface area contributed by atoms with Gasteiger partial charge in [-0.3, -0.25) is 9.59 Å². The Morgan fingerprint density at radius 1 is 1.12 bits per heavy atom. The Kier molecular flexibility index (Phi) is 7.12. The third kappa shape index (κ3) is 5.07. The van der Waals surface area contributed by atoms with Crippen molar-refractivity contribution in [3.63, 3.8) is 0 Å². The number of carbonyl (C=O) groups excluding carboxylic acids is 2. The molecule has 0 spiro atoms. The molecule has 2 amide bonds. The number of carbonyl (C=O) groups is 2. The fourth-order valence-corrected chi connectivity index (χ4v) is 4.83. The van der Waals surface area contributed by atoms with Crippen molar-refractivity contribution in [2.45, 2.75) is 18.7 Å². The third-order valence-electron chi connectivity index (χ3n) is 5.07. The molecule has 168 valence electrons. The maximum absolute atomic E-state index is 13.1. The summed E-state index contributed by atoms with van der Waals surface area (Å²) >= 11 is 0. The zero-order chi connectivity index (χ0) is 23.3. The molecule has 0 aromatic heterocycles. The Labute approximate surface area is 187 Å². The predicted molar refractivity (Wildman–Crippen MR) is 118 cm³/mol. The fourth-order valence-electron chi connectivity index (χ4n) is 3.36. The number of ether oxygens (including phenoxy) is 1. The summed E-state index contributed by atoms with van der Waals surface area (Å²) in [7, 11) is -3.82. The zero-order valence-corrected chi connectivity index (χ0v) is 18.7. The number of sulfonamides is 1. The molecule has 32 heavy (non-hydrogen) atoms. The Hall–Kier alpha value is -3.42. The molecule has 1 fully saturated rings. The number of nitrogens with one attached hydrogen (secondary N) is 1. The molecule has 3 rings (SSSR count). The van der Waals surface area contributed by atoms with Crippen LogP contribution < -0.4 is 10.1 Å². The van der Waals surface area contributed by atoms with Gasteiger partial charge in [0.1, 0.15) is 5.75 Å². The van der Waals surface area contributed by atoms with Crippen molar-refractivity contribution in [2.24, 2.45) is 0 Å². The lowest BCUT2D eigenvalue weighted by atomic mass is 10.1. The lowest BCUT2D eigenvalue weighted by molar-refractivity contribution is -0.129. The molecule has 0 aliphatic carbocycles. The lowest BCUT2D eigenvalue weighted by Crippen LogP contribution is -2.49. The van der Waals surface area contributed by atoms with Crippen molar-refractivity contribution >= 4 is 27.5 Å². The van der Waals surface area contributed by atoms with E-state index in [9.17, 15) is 18.0 Å². The summed E-state index contributed by atoms with van der Waals surface area (Å²) < 4.78 is 32.9. The normalized spacial score (nSPS) is 14.5. The Balaban J connectivity index is 1.81. The van der Waals surface area contributed by atoms with Crippen LogP contribution in [0.2, 0.25) is 0 Å². The third-order valence-corrected chi connectivity index (χ3v) is 6.97. The fraction of sp³-hybridized carbons (Fsp3) is 0.318. The van der Waals surface area contributed by atoms with Crippen molar-refractivity contribution in [1.82, 2.24) is 9.21 Å². The molecule has 0 saturated carbocycles. The molecule has 1 saturated heterocycles. The Morgan fingerprint density at radius 2 is 1.84 bits per heavy atom. The molecule has 1 heterocycles. The molecule has 0 unspecified atom stereocenters. The van der Waals surface area contributed by atoms with Crippen LogP contribution >= 0.6 is 0 Å². The second kappa shape index (κ2) is 9.80. The van der Waals surface area contributed by atoms with Crippen LogP contribution in [0.5, 0.6) is 5.75 Å². The van der Waals surface area contributed by atoms with E-state index in [1.807, 2.05) is 6.07 Å². The number of anilines is 1. The van der Waals surface area contributed by atoms with Crippen LogP contribution in [0.3, 0.4) is 0 Å². The number of rotatable bonds is 6. The largest absolute Gasteiger partial charge is 0.492 e. The summed E-state index contributed by atoms with van der Waals surface area (Å²) in [5.74, 6) is -0.209. The minimum absolute atomic E-state index is 0.00256. The highest BCUT2D eigenvalue weighted by Crippen LogP contribution is 2.27. The first-order valence-electron chi connectivity index (χ1n) is 10.1. The molecular formula is C22H24N4O5S. The van der Waals surface area contributed by atoms with Gasteiger partial charge in [0.2, 0.25) is 15.9 Å². The number of nitriles is 1. The molecule has 1 aliphatic rings. The van der Waals surface area contributed by atoms with Crippen LogP contribution in [0.4, 0.5) is 5.69 Å². The van der Waals surface area contributed by atoms with Gasteiger partial charge < -0.3 is 15.0 Å². The van der Waals surface area contributed by atoms with Crippen molar-refractivity contribution < 1.29 is 22.7 Å². The highest BCUT2D eigenvalue weighted by atomic mass is 32.2. The predicted octanol–water partition coefficient (Wildman–Crippen LogP) is 2.06. The summed E-state index contributed by atoms with van der Waals surface area (Å²) in [6, 6.07) is 12.5. The van der Waals surface area contributed by atoms with Crippen LogP contribution in [-0.4, -0.2) is 62.2 Å². The summed E-state index contributed by atoms with van der Waals surface area (Å²) in [6.45, 7) is 4.66. The lowest BCUT2D eigenvalue weighted by Gasteiger charge is -2.33. The van der Waals surface area contributed by atoms with Crippen molar-refractivity contribution in [1.29, 1.82) is 5.26 Å². The zero-order valence-electron chi connectivity index (χ0n) is 17.9. The quantitative estimate of drug-likeness (QED) is 0.711. The van der Waals surface area contributed by atoms with E-state index in [0.717, 1.165) is 0 Å². The first kappa shape index (κ1) is 23.2. The van der Waals surface area contributed by atoms with Crippen molar-refractivity contribution in [3.05, 3.63) is 53.6 Å². The second-order valence-electron chi connectivity index (χ2n) is 7.15. The molecule has 0 atom stereocenters. The Bertz CT molecular complexity index is 1170. The smallest absolute Gasteiger partial charge is 0.255 e. The van der Waals surface area contributed by atoms with Crippen LogP contribution in [0, 0.1) is 11.3 Å². The van der Waals surface area contributed by atoms with Crippen LogP contribution in [-0.2, 0) is 14.8 Å². The molecule has 10 heteroatoms. The molecule has 0 bridgehead atoms. The molecule has 9 nitrogen and oxygen atoms in total. The van der Waals surface area contributed by atoms with E-state index in [2.05, 4.69) is 5.32 Å². The number of amides is 2. The number of piperazine rings is 1. The maximum atomic E-state index is 13.1. The van der Waals surface area contributed by atoms with Crippen LogP contribution in [0.15, 0.2) is 47.4 Å². The minimum atomic E-state index is -3.82. The van der Waals surface area contributed by atoms with E-state index in [1.165, 1.54) is 41.6 Å². The van der Waals surface area contributed by atoms with Gasteiger partial charge in [-0.15, -0.1) is 0 Å². The highest BCUT2D eigenvalue weighted by Gasteiger charge is 2.29. The standard InChI is InChI=1S/C22H24N4O5S/c1-3-31-21-8-7-17(15-23)13-20(21)24-22(28)18-5-4-6-19(14-18)32(29,30)26-11-9-25(10-12-26)16(2)27/h4-8,13-14H,3,9-12H2,1-2H3,(H,24,28). The molecule has 0 radical (unpaired) electrons. The van der Waals surface area contributed by atoms with Gasteiger partial charge in [0, 0.05) is 38.7 Å². The Morgan fingerprint density at radius 3 is 2.47 bits per heavy atom. The number of nitrogens with zero attached hydrogens (tertiary/aromatic N) is 3. The first-order chi connectivity index (χ1) is 15.3. The average molecular weight is 457 g/mol. The van der Waals surface area contributed by atoms with Crippen molar-refractivity contribution in [2.75, 3.05) is 38.1 Å². The van der Waals surface area contributed by atoms with Crippen LogP contribution in [0.1, 0.15) is 29.8 Å². The van der Waals surface area contributed by atoms with Gasteiger partial charge in [0.15, 0.2) is 0 Å². The topological polar surface area (TPSA) is 120 Å². The molecule has 2 aromatic rings. The van der Waals surface area contributed by atoms with Crippen molar-refractivity contribution in [3.8, 4) is 11.8 Å². The van der Waals surface area contributed by atoms with E-state index in [1.54, 1.807) is 24.0 Å².